The number of hydrogen-bond donors (Lipinski definition) is 0. The lowest BCUT2D eigenvalue weighted by molar-refractivity contribution is 0.661. The molecule has 10 aromatic carbocycles. The molecule has 0 unspecified atom stereocenters. The number of fused-ring (bicyclic) bond motifs is 12. The maximum atomic E-state index is 4.79. The maximum Gasteiger partial charge on any atom is 0.0971 e. The Morgan fingerprint density at radius 3 is 1.50 bits per heavy atom. The minimum Gasteiger partial charge on any atom is -0.309 e. The molecule has 300 valence electrons. The van der Waals surface area contributed by atoms with Crippen molar-refractivity contribution in [3.63, 3.8) is 0 Å². The summed E-state index contributed by atoms with van der Waals surface area (Å²) in [5.74, 6) is 0. The Morgan fingerprint density at radius 2 is 0.797 bits per heavy atom. The Balaban J connectivity index is 0.809. The van der Waals surface area contributed by atoms with Gasteiger partial charge >= 0.3 is 0 Å². The van der Waals surface area contributed by atoms with Gasteiger partial charge in [0.1, 0.15) is 0 Å². The van der Waals surface area contributed by atoms with E-state index in [0.717, 1.165) is 27.4 Å². The topological polar surface area (TPSA) is 30.7 Å². The van der Waals surface area contributed by atoms with Gasteiger partial charge in [-0.05, 0) is 132 Å². The Hall–Kier alpha value is -8.14. The van der Waals surface area contributed by atoms with Gasteiger partial charge in [0.25, 0.3) is 0 Å². The average Bonchev–Trinajstić information content (AvgIpc) is 3.81. The van der Waals surface area contributed by atoms with Gasteiger partial charge < -0.3 is 4.57 Å². The normalized spacial score (nSPS) is 13.0. The number of para-hydroxylation sites is 2. The summed E-state index contributed by atoms with van der Waals surface area (Å²) in [6.07, 6.45) is 3.58. The maximum absolute atomic E-state index is 4.79. The quantitative estimate of drug-likeness (QED) is 0.162. The molecule has 0 radical (unpaired) electrons. The summed E-state index contributed by atoms with van der Waals surface area (Å²) >= 11 is 0. The van der Waals surface area contributed by atoms with E-state index in [1.807, 2.05) is 0 Å². The first-order valence-electron chi connectivity index (χ1n) is 22.1. The van der Waals surface area contributed by atoms with Gasteiger partial charge in [-0.1, -0.05) is 159 Å². The molecule has 13 rings (SSSR count). The molecule has 0 fully saturated rings. The second kappa shape index (κ2) is 13.9. The fraction of sp³-hybridized carbons (Fsp3) is 0.0492. The summed E-state index contributed by atoms with van der Waals surface area (Å²) in [5.41, 5.74) is 20.4. The lowest BCUT2D eigenvalue weighted by atomic mass is 9.80. The number of hydrogen-bond acceptors (Lipinski definition) is 2. The minimum absolute atomic E-state index is 0.160. The molecule has 0 aliphatic heterocycles. The Bertz CT molecular complexity index is 3820. The van der Waals surface area contributed by atoms with Crippen molar-refractivity contribution in [2.75, 3.05) is 0 Å². The van der Waals surface area contributed by atoms with E-state index in [1.54, 1.807) is 12.4 Å². The highest BCUT2D eigenvalue weighted by atomic mass is 15.0. The van der Waals surface area contributed by atoms with Crippen LogP contribution in [0.3, 0.4) is 0 Å². The molecular weight excluding hydrogens is 775 g/mol. The van der Waals surface area contributed by atoms with E-state index in [1.165, 1.54) is 99.5 Å². The minimum atomic E-state index is -0.160. The zero-order chi connectivity index (χ0) is 42.5. The molecule has 0 spiro atoms. The summed E-state index contributed by atoms with van der Waals surface area (Å²) < 4.78 is 2.38. The zero-order valence-electron chi connectivity index (χ0n) is 35.5. The van der Waals surface area contributed by atoms with Crippen LogP contribution < -0.4 is 0 Å². The van der Waals surface area contributed by atoms with Gasteiger partial charge in [-0.3, -0.25) is 9.97 Å². The van der Waals surface area contributed by atoms with E-state index < -0.39 is 0 Å². The summed E-state index contributed by atoms with van der Waals surface area (Å²) in [4.78, 5) is 9.54. The molecule has 3 heteroatoms. The number of nitrogens with zero attached hydrogens (tertiary/aromatic N) is 3. The Labute approximate surface area is 371 Å². The summed E-state index contributed by atoms with van der Waals surface area (Å²) in [5, 5.41) is 7.19. The summed E-state index contributed by atoms with van der Waals surface area (Å²) in [6.45, 7) is 4.76. The van der Waals surface area contributed by atoms with Gasteiger partial charge in [-0.15, -0.1) is 0 Å². The molecular formula is C61H41N3. The molecule has 12 aromatic rings. The van der Waals surface area contributed by atoms with E-state index in [-0.39, 0.29) is 5.41 Å². The molecule has 1 aliphatic rings. The van der Waals surface area contributed by atoms with Crippen molar-refractivity contribution < 1.29 is 0 Å². The van der Waals surface area contributed by atoms with Crippen LogP contribution >= 0.6 is 0 Å². The molecule has 0 saturated heterocycles. The number of aromatic nitrogens is 3. The van der Waals surface area contributed by atoms with Crippen molar-refractivity contribution in [2.24, 2.45) is 0 Å². The van der Waals surface area contributed by atoms with E-state index in [2.05, 4.69) is 219 Å². The summed E-state index contributed by atoms with van der Waals surface area (Å²) in [6, 6.07) is 73.7. The van der Waals surface area contributed by atoms with E-state index in [9.17, 15) is 0 Å². The first-order chi connectivity index (χ1) is 31.5. The van der Waals surface area contributed by atoms with Gasteiger partial charge in [0.05, 0.1) is 22.1 Å². The molecule has 1 aliphatic carbocycles. The fourth-order valence-electron chi connectivity index (χ4n) is 10.6. The molecule has 0 atom stereocenters. The number of rotatable bonds is 5. The first-order valence-corrected chi connectivity index (χ1v) is 22.1. The van der Waals surface area contributed by atoms with Gasteiger partial charge in [-0.2, -0.15) is 0 Å². The van der Waals surface area contributed by atoms with Crippen molar-refractivity contribution in [2.45, 2.75) is 19.3 Å². The third kappa shape index (κ3) is 5.54. The van der Waals surface area contributed by atoms with Crippen LogP contribution in [0.5, 0.6) is 0 Å². The third-order valence-electron chi connectivity index (χ3n) is 13.9. The van der Waals surface area contributed by atoms with Crippen LogP contribution in [0.15, 0.2) is 213 Å². The standard InChI is InChI=1S/C61H41N3/c1-61(2)55-36-44(24-28-49(55)50-29-25-45(37-56(50)61)43-26-30-58-53(34-43)51-16-8-9-18-57(51)64(58)46-13-4-3-5-14-46)41-12-10-11-40(33-41)38-19-21-39(22-20-38)42-23-27-48-47-15-6-7-17-52(47)59-60(54(48)35-42)63-32-31-62-59/h3-37H,1-2H3. The van der Waals surface area contributed by atoms with Gasteiger partial charge in [0.15, 0.2) is 0 Å². The lowest BCUT2D eigenvalue weighted by Crippen LogP contribution is -2.15. The summed E-state index contributed by atoms with van der Waals surface area (Å²) in [7, 11) is 0. The fourth-order valence-corrected chi connectivity index (χ4v) is 10.6. The van der Waals surface area contributed by atoms with Crippen LogP contribution in [-0.2, 0) is 5.41 Å². The van der Waals surface area contributed by atoms with Gasteiger partial charge in [0, 0.05) is 45.0 Å². The second-order valence-electron chi connectivity index (χ2n) is 17.8. The van der Waals surface area contributed by atoms with Crippen molar-refractivity contribution >= 4 is 54.4 Å². The molecule has 0 bridgehead atoms. The van der Waals surface area contributed by atoms with Crippen molar-refractivity contribution in [1.82, 2.24) is 14.5 Å². The third-order valence-corrected chi connectivity index (χ3v) is 13.9. The van der Waals surface area contributed by atoms with Crippen LogP contribution in [0.4, 0.5) is 0 Å². The van der Waals surface area contributed by atoms with Crippen LogP contribution in [0.2, 0.25) is 0 Å². The molecule has 0 N–H and O–H groups in total. The van der Waals surface area contributed by atoms with Gasteiger partial charge in [0.2, 0.25) is 0 Å². The predicted octanol–water partition coefficient (Wildman–Crippen LogP) is 16.0. The lowest BCUT2D eigenvalue weighted by Gasteiger charge is -2.23. The van der Waals surface area contributed by atoms with E-state index >= 15 is 0 Å². The Kier molecular flexibility index (Phi) is 7.95. The van der Waals surface area contributed by atoms with Crippen LogP contribution in [0.1, 0.15) is 25.0 Å². The average molecular weight is 816 g/mol. The number of benzene rings is 10. The van der Waals surface area contributed by atoms with Crippen LogP contribution in [-0.4, -0.2) is 14.5 Å². The van der Waals surface area contributed by atoms with Crippen molar-refractivity contribution in [3.8, 4) is 61.3 Å². The second-order valence-corrected chi connectivity index (χ2v) is 17.8. The molecule has 2 heterocycles. The Morgan fingerprint density at radius 1 is 0.328 bits per heavy atom. The SMILES string of the molecule is CC1(C)c2cc(-c3cccc(-c4ccc(-c5ccc6c7ccccc7c7nccnc7c6c5)cc4)c3)ccc2-c2ccc(-c3ccc4c(c3)c3ccccc3n4-c3ccccc3)cc21. The van der Waals surface area contributed by atoms with E-state index in [0.29, 0.717) is 0 Å². The zero-order valence-corrected chi connectivity index (χ0v) is 35.5. The molecule has 2 aromatic heterocycles. The van der Waals surface area contributed by atoms with Crippen LogP contribution in [0, 0.1) is 0 Å². The van der Waals surface area contributed by atoms with E-state index in [4.69, 9.17) is 9.97 Å². The molecule has 0 amide bonds. The first kappa shape index (κ1) is 36.5. The highest BCUT2D eigenvalue weighted by Gasteiger charge is 2.36. The molecule has 3 nitrogen and oxygen atoms in total. The molecule has 64 heavy (non-hydrogen) atoms. The van der Waals surface area contributed by atoms with Crippen molar-refractivity contribution in [1.29, 1.82) is 0 Å². The predicted molar refractivity (Wildman–Crippen MR) is 268 cm³/mol. The van der Waals surface area contributed by atoms with Crippen molar-refractivity contribution in [3.05, 3.63) is 224 Å². The smallest absolute Gasteiger partial charge is 0.0971 e. The van der Waals surface area contributed by atoms with Gasteiger partial charge in [-0.25, -0.2) is 0 Å². The van der Waals surface area contributed by atoms with Crippen LogP contribution in [0.25, 0.3) is 116 Å². The highest BCUT2D eigenvalue weighted by molar-refractivity contribution is 6.23. The monoisotopic (exact) mass is 815 g/mol. The highest BCUT2D eigenvalue weighted by Crippen LogP contribution is 2.51. The largest absolute Gasteiger partial charge is 0.309 e. The molecule has 0 saturated carbocycles.